The van der Waals surface area contributed by atoms with Crippen molar-refractivity contribution in [2.24, 2.45) is 7.05 Å². The van der Waals surface area contributed by atoms with Crippen molar-refractivity contribution < 1.29 is 18.3 Å². The predicted octanol–water partition coefficient (Wildman–Crippen LogP) is -0.750. The number of aromatic amines is 1. The Hall–Kier alpha value is -2.53. The van der Waals surface area contributed by atoms with Gasteiger partial charge in [0, 0.05) is 19.8 Å². The number of rotatable bonds is 3. The molecule has 0 aromatic carbocycles. The predicted molar refractivity (Wildman–Crippen MR) is 86.8 cm³/mol. The number of aryl methyl sites for hydroxylation is 1. The Morgan fingerprint density at radius 3 is 2.76 bits per heavy atom. The number of aromatic nitrogens is 3. The van der Waals surface area contributed by atoms with Crippen LogP contribution in [0.1, 0.15) is 19.3 Å². The third kappa shape index (κ3) is 2.85. The van der Waals surface area contributed by atoms with E-state index in [1.807, 2.05) is 0 Å². The second-order valence-electron chi connectivity index (χ2n) is 5.83. The van der Waals surface area contributed by atoms with Crippen molar-refractivity contribution in [3.8, 4) is 0 Å². The normalized spacial score (nSPS) is 19.2. The largest absolute Gasteiger partial charge is 0.480 e. The first-order chi connectivity index (χ1) is 11.7. The van der Waals surface area contributed by atoms with Crippen molar-refractivity contribution >= 4 is 27.0 Å². The molecule has 0 saturated carbocycles. The second kappa shape index (κ2) is 6.08. The lowest BCUT2D eigenvalue weighted by Crippen LogP contribution is -2.47. The Morgan fingerprint density at radius 2 is 2.08 bits per heavy atom. The number of carboxylic acids is 1. The lowest BCUT2D eigenvalue weighted by Gasteiger charge is -2.31. The fourth-order valence-corrected chi connectivity index (χ4v) is 4.56. The average molecular weight is 368 g/mol. The quantitative estimate of drug-likeness (QED) is 0.725. The van der Waals surface area contributed by atoms with Crippen LogP contribution < -0.4 is 11.2 Å². The maximum atomic E-state index is 12.9. The van der Waals surface area contributed by atoms with Crippen LogP contribution in [0.5, 0.6) is 0 Å². The monoisotopic (exact) mass is 368 g/mol. The summed E-state index contributed by atoms with van der Waals surface area (Å²) in [6.45, 7) is 0.0843. The van der Waals surface area contributed by atoms with Crippen molar-refractivity contribution in [3.63, 3.8) is 0 Å². The molecule has 2 aromatic rings. The van der Waals surface area contributed by atoms with E-state index in [1.165, 1.54) is 7.05 Å². The van der Waals surface area contributed by atoms with Gasteiger partial charge in [-0.1, -0.05) is 0 Å². The summed E-state index contributed by atoms with van der Waals surface area (Å²) in [4.78, 5) is 40.6. The van der Waals surface area contributed by atoms with E-state index >= 15 is 0 Å². The topological polar surface area (TPSA) is 142 Å². The maximum absolute atomic E-state index is 12.9. The standard InChI is InChI=1S/C14H16N4O6S/c1-17-11-9(12(19)16-14(17)22)6-8(7-15-11)25(23,24)18-5-3-2-4-10(18)13(20)21/h6-7,10H,2-5H2,1H3,(H,20,21)(H,16,19,22). The molecule has 3 heterocycles. The third-order valence-corrected chi connectivity index (χ3v) is 6.15. The van der Waals surface area contributed by atoms with Crippen LogP contribution in [0, 0.1) is 0 Å². The molecule has 1 fully saturated rings. The van der Waals surface area contributed by atoms with Crippen LogP contribution in [0.3, 0.4) is 0 Å². The van der Waals surface area contributed by atoms with Gasteiger partial charge in [0.15, 0.2) is 0 Å². The van der Waals surface area contributed by atoms with Gasteiger partial charge in [0.1, 0.15) is 16.6 Å². The molecule has 2 aromatic heterocycles. The van der Waals surface area contributed by atoms with Gasteiger partial charge in [-0.05, 0) is 25.3 Å². The third-order valence-electron chi connectivity index (χ3n) is 4.27. The minimum absolute atomic E-state index is 0.0427. The fraction of sp³-hybridized carbons (Fsp3) is 0.429. The first kappa shape index (κ1) is 17.3. The second-order valence-corrected chi connectivity index (χ2v) is 7.72. The number of fused-ring (bicyclic) bond motifs is 1. The van der Waals surface area contributed by atoms with Gasteiger partial charge in [-0.15, -0.1) is 0 Å². The molecule has 134 valence electrons. The van der Waals surface area contributed by atoms with Gasteiger partial charge in [0.05, 0.1) is 5.39 Å². The first-order valence-electron chi connectivity index (χ1n) is 7.57. The zero-order chi connectivity index (χ0) is 18.4. The molecule has 1 aliphatic heterocycles. The molecule has 0 amide bonds. The van der Waals surface area contributed by atoms with E-state index in [0.717, 1.165) is 21.1 Å². The number of carboxylic acid groups (broad SMARTS) is 1. The summed E-state index contributed by atoms with van der Waals surface area (Å²) in [6, 6.07) is -0.0310. The smallest absolute Gasteiger partial charge is 0.329 e. The van der Waals surface area contributed by atoms with E-state index in [1.54, 1.807) is 0 Å². The highest BCUT2D eigenvalue weighted by Crippen LogP contribution is 2.26. The number of nitrogens with zero attached hydrogens (tertiary/aromatic N) is 3. The Bertz CT molecular complexity index is 1070. The molecule has 10 nitrogen and oxygen atoms in total. The molecule has 1 aliphatic rings. The highest BCUT2D eigenvalue weighted by atomic mass is 32.2. The number of hydrogen-bond acceptors (Lipinski definition) is 6. The lowest BCUT2D eigenvalue weighted by atomic mass is 10.1. The van der Waals surface area contributed by atoms with Gasteiger partial charge < -0.3 is 5.11 Å². The summed E-state index contributed by atoms with van der Waals surface area (Å²) in [5.41, 5.74) is -1.38. The number of piperidine rings is 1. The molecule has 2 N–H and O–H groups in total. The fourth-order valence-electron chi connectivity index (χ4n) is 2.93. The SMILES string of the molecule is Cn1c(=O)[nH]c(=O)c2cc(S(=O)(=O)N3CCCCC3C(=O)O)cnc21. The van der Waals surface area contributed by atoms with E-state index in [0.29, 0.717) is 12.8 Å². The number of aliphatic carboxylic acids is 1. The molecular formula is C14H16N4O6S. The van der Waals surface area contributed by atoms with E-state index in [-0.39, 0.29) is 28.9 Å². The molecule has 1 unspecified atom stereocenters. The number of pyridine rings is 1. The summed E-state index contributed by atoms with van der Waals surface area (Å²) < 4.78 is 27.7. The number of nitrogens with one attached hydrogen (secondary N) is 1. The van der Waals surface area contributed by atoms with Crippen LogP contribution in [0.15, 0.2) is 26.7 Å². The molecule has 0 radical (unpaired) electrons. The molecule has 0 aliphatic carbocycles. The molecule has 0 spiro atoms. The van der Waals surface area contributed by atoms with Crippen LogP contribution in [0.2, 0.25) is 0 Å². The van der Waals surface area contributed by atoms with Crippen molar-refractivity contribution in [2.45, 2.75) is 30.2 Å². The summed E-state index contributed by atoms with van der Waals surface area (Å²) in [6.07, 6.45) is 2.44. The van der Waals surface area contributed by atoms with Gasteiger partial charge in [0.25, 0.3) is 5.56 Å². The Balaban J connectivity index is 2.16. The molecule has 25 heavy (non-hydrogen) atoms. The van der Waals surface area contributed by atoms with Crippen molar-refractivity contribution in [2.75, 3.05) is 6.54 Å². The number of sulfonamides is 1. The summed E-state index contributed by atoms with van der Waals surface area (Å²) in [5, 5.41) is 9.22. The Labute approximate surface area is 141 Å². The molecular weight excluding hydrogens is 352 g/mol. The lowest BCUT2D eigenvalue weighted by molar-refractivity contribution is -0.142. The minimum Gasteiger partial charge on any atom is -0.480 e. The van der Waals surface area contributed by atoms with Gasteiger partial charge >= 0.3 is 11.7 Å². The Morgan fingerprint density at radius 1 is 1.36 bits per heavy atom. The van der Waals surface area contributed by atoms with Crippen molar-refractivity contribution in [3.05, 3.63) is 33.1 Å². The summed E-state index contributed by atoms with van der Waals surface area (Å²) >= 11 is 0. The molecule has 1 saturated heterocycles. The molecule has 11 heteroatoms. The zero-order valence-electron chi connectivity index (χ0n) is 13.3. The van der Waals surface area contributed by atoms with Gasteiger partial charge in [-0.25, -0.2) is 18.2 Å². The van der Waals surface area contributed by atoms with E-state index in [4.69, 9.17) is 0 Å². The first-order valence-corrected chi connectivity index (χ1v) is 9.01. The highest BCUT2D eigenvalue weighted by molar-refractivity contribution is 7.89. The maximum Gasteiger partial charge on any atom is 0.329 e. The summed E-state index contributed by atoms with van der Waals surface area (Å²) in [7, 11) is -2.74. The van der Waals surface area contributed by atoms with Crippen LogP contribution in [0.4, 0.5) is 0 Å². The highest BCUT2D eigenvalue weighted by Gasteiger charge is 2.38. The van der Waals surface area contributed by atoms with E-state index in [9.17, 15) is 27.9 Å². The van der Waals surface area contributed by atoms with Gasteiger partial charge in [-0.3, -0.25) is 19.1 Å². The number of carbonyl (C=O) groups is 1. The van der Waals surface area contributed by atoms with Crippen molar-refractivity contribution in [1.29, 1.82) is 0 Å². The molecule has 3 rings (SSSR count). The van der Waals surface area contributed by atoms with Gasteiger partial charge in [0.2, 0.25) is 10.0 Å². The van der Waals surface area contributed by atoms with Crippen LogP contribution >= 0.6 is 0 Å². The van der Waals surface area contributed by atoms with Crippen LogP contribution in [-0.2, 0) is 21.9 Å². The van der Waals surface area contributed by atoms with E-state index in [2.05, 4.69) is 9.97 Å². The summed E-state index contributed by atoms with van der Waals surface area (Å²) in [5.74, 6) is -1.21. The number of hydrogen-bond donors (Lipinski definition) is 2. The van der Waals surface area contributed by atoms with Gasteiger partial charge in [-0.2, -0.15) is 4.31 Å². The zero-order valence-corrected chi connectivity index (χ0v) is 14.1. The molecule has 1 atom stereocenters. The minimum atomic E-state index is -4.14. The van der Waals surface area contributed by atoms with Crippen LogP contribution in [0.25, 0.3) is 11.0 Å². The van der Waals surface area contributed by atoms with Crippen LogP contribution in [-0.4, -0.2) is 50.9 Å². The molecule has 0 bridgehead atoms. The van der Waals surface area contributed by atoms with E-state index < -0.39 is 33.3 Å². The number of H-pyrrole nitrogens is 1. The Kier molecular flexibility index (Phi) is 4.21. The van der Waals surface area contributed by atoms with Crippen molar-refractivity contribution in [1.82, 2.24) is 18.8 Å². The average Bonchev–Trinajstić information content (AvgIpc) is 2.59.